The second-order valence-corrected chi connectivity index (χ2v) is 2.07. The Hall–Kier alpha value is -0.525. The van der Waals surface area contributed by atoms with Crippen molar-refractivity contribution in [2.75, 3.05) is 7.05 Å². The van der Waals surface area contributed by atoms with Gasteiger partial charge >= 0.3 is 0 Å². The maximum Gasteiger partial charge on any atom is 0.133 e. The van der Waals surface area contributed by atoms with Gasteiger partial charge in [0, 0.05) is 13.3 Å². The van der Waals surface area contributed by atoms with Gasteiger partial charge < -0.3 is 0 Å². The van der Waals surface area contributed by atoms with Crippen molar-refractivity contribution in [2.24, 2.45) is 4.99 Å². The number of hydrogen-bond acceptors (Lipinski definition) is 1. The Morgan fingerprint density at radius 2 is 2.00 bits per heavy atom. The van der Waals surface area contributed by atoms with Crippen LogP contribution in [0, 0.1) is 0 Å². The van der Waals surface area contributed by atoms with E-state index in [9.17, 15) is 0 Å². The van der Waals surface area contributed by atoms with Crippen LogP contribution in [0.1, 0.15) is 13.8 Å². The van der Waals surface area contributed by atoms with Gasteiger partial charge in [-0.3, -0.25) is 4.99 Å². The van der Waals surface area contributed by atoms with Crippen molar-refractivity contribution in [1.29, 1.82) is 0 Å². The van der Waals surface area contributed by atoms with Gasteiger partial charge in [0.25, 0.3) is 0 Å². The van der Waals surface area contributed by atoms with Crippen LogP contribution in [0.4, 0.5) is 0 Å². The first-order valence-electron chi connectivity index (χ1n) is 2.74. The molecule has 0 aromatic rings. The molecule has 2 heteroatoms. The van der Waals surface area contributed by atoms with Crippen molar-refractivity contribution in [3.8, 4) is 0 Å². The standard InChI is InChI=1S/C6H12BN/c1-5(4-8-3)6(2)7/h4H,7H2,1-3H3/b6-5+,8-4-. The molecule has 0 aromatic heterocycles. The smallest absolute Gasteiger partial charge is 0.133 e. The van der Waals surface area contributed by atoms with E-state index in [1.807, 2.05) is 6.21 Å². The molecule has 0 fully saturated rings. The van der Waals surface area contributed by atoms with E-state index in [2.05, 4.69) is 26.7 Å². The van der Waals surface area contributed by atoms with Gasteiger partial charge in [0.1, 0.15) is 7.85 Å². The van der Waals surface area contributed by atoms with Gasteiger partial charge in [0.15, 0.2) is 0 Å². The number of rotatable bonds is 1. The maximum absolute atomic E-state index is 3.87. The molecule has 0 bridgehead atoms. The van der Waals surface area contributed by atoms with Gasteiger partial charge in [-0.2, -0.15) is 0 Å². The average Bonchev–Trinajstić information content (AvgIpc) is 1.67. The van der Waals surface area contributed by atoms with Crippen molar-refractivity contribution < 1.29 is 0 Å². The zero-order valence-corrected chi connectivity index (χ0v) is 6.02. The predicted octanol–water partition coefficient (Wildman–Crippen LogP) is 0.614. The molecular formula is C6H12BN. The lowest BCUT2D eigenvalue weighted by atomic mass is 9.93. The highest BCUT2D eigenvalue weighted by Gasteiger charge is 1.82. The van der Waals surface area contributed by atoms with Gasteiger partial charge in [-0.05, 0) is 12.5 Å². The average molecular weight is 109 g/mol. The first-order valence-corrected chi connectivity index (χ1v) is 2.74. The van der Waals surface area contributed by atoms with E-state index in [-0.39, 0.29) is 0 Å². The third-order valence-corrected chi connectivity index (χ3v) is 1.11. The topological polar surface area (TPSA) is 12.4 Å². The fourth-order valence-corrected chi connectivity index (χ4v) is 0.323. The summed E-state index contributed by atoms with van der Waals surface area (Å²) in [5, 5.41) is 0. The highest BCUT2D eigenvalue weighted by atomic mass is 14.6. The quantitative estimate of drug-likeness (QED) is 0.345. The Balaban J connectivity index is 4.00. The summed E-state index contributed by atoms with van der Waals surface area (Å²) >= 11 is 0. The Morgan fingerprint density at radius 1 is 1.50 bits per heavy atom. The van der Waals surface area contributed by atoms with Crippen molar-refractivity contribution >= 4 is 14.1 Å². The molecule has 0 spiro atoms. The zero-order valence-electron chi connectivity index (χ0n) is 6.02. The summed E-state index contributed by atoms with van der Waals surface area (Å²) in [4.78, 5) is 3.87. The minimum absolute atomic E-state index is 1.26. The third kappa shape index (κ3) is 2.62. The Morgan fingerprint density at radius 3 is 2.12 bits per heavy atom. The molecule has 0 aromatic carbocycles. The van der Waals surface area contributed by atoms with Gasteiger partial charge in [-0.1, -0.05) is 6.92 Å². The molecule has 0 aliphatic carbocycles. The van der Waals surface area contributed by atoms with E-state index in [0.717, 1.165) is 0 Å². The SMILES string of the molecule is B/C(C)=C(C)/C=N\C. The van der Waals surface area contributed by atoms with Gasteiger partial charge in [-0.15, -0.1) is 5.47 Å². The lowest BCUT2D eigenvalue weighted by Crippen LogP contribution is -1.83. The minimum Gasteiger partial charge on any atom is -0.296 e. The lowest BCUT2D eigenvalue weighted by molar-refractivity contribution is 1.42. The molecule has 44 valence electrons. The monoisotopic (exact) mass is 109 g/mol. The summed E-state index contributed by atoms with van der Waals surface area (Å²) < 4.78 is 0. The molecular weight excluding hydrogens is 96.9 g/mol. The minimum atomic E-state index is 1.26. The summed E-state index contributed by atoms with van der Waals surface area (Å²) in [6.45, 7) is 4.14. The molecule has 0 heterocycles. The largest absolute Gasteiger partial charge is 0.296 e. The van der Waals surface area contributed by atoms with Crippen LogP contribution in [0.15, 0.2) is 16.0 Å². The highest BCUT2D eigenvalue weighted by molar-refractivity contribution is 6.23. The summed E-state index contributed by atoms with van der Waals surface area (Å²) in [5.74, 6) is 0. The lowest BCUT2D eigenvalue weighted by Gasteiger charge is -1.91. The highest BCUT2D eigenvalue weighted by Crippen LogP contribution is 1.92. The first kappa shape index (κ1) is 7.47. The second kappa shape index (κ2) is 3.47. The van der Waals surface area contributed by atoms with Crippen LogP contribution in [0.2, 0.25) is 0 Å². The molecule has 0 amide bonds. The fraction of sp³-hybridized carbons (Fsp3) is 0.500. The van der Waals surface area contributed by atoms with Gasteiger partial charge in [-0.25, -0.2) is 0 Å². The summed E-state index contributed by atoms with van der Waals surface area (Å²) in [7, 11) is 3.86. The number of nitrogens with zero attached hydrogens (tertiary/aromatic N) is 1. The van der Waals surface area contributed by atoms with E-state index >= 15 is 0 Å². The second-order valence-electron chi connectivity index (χ2n) is 2.07. The summed E-state index contributed by atoms with van der Waals surface area (Å²) in [6.07, 6.45) is 1.87. The van der Waals surface area contributed by atoms with E-state index in [1.165, 1.54) is 11.0 Å². The maximum atomic E-state index is 3.87. The molecule has 1 nitrogen and oxygen atoms in total. The summed E-state index contributed by atoms with van der Waals surface area (Å²) in [5.41, 5.74) is 2.59. The van der Waals surface area contributed by atoms with E-state index in [0.29, 0.717) is 0 Å². The van der Waals surface area contributed by atoms with Crippen LogP contribution in [-0.4, -0.2) is 21.1 Å². The van der Waals surface area contributed by atoms with Crippen molar-refractivity contribution in [3.63, 3.8) is 0 Å². The molecule has 0 aliphatic heterocycles. The van der Waals surface area contributed by atoms with Crippen molar-refractivity contribution in [3.05, 3.63) is 11.0 Å². The molecule has 0 saturated carbocycles. The zero-order chi connectivity index (χ0) is 6.57. The van der Waals surface area contributed by atoms with E-state index in [4.69, 9.17) is 0 Å². The number of allylic oxidation sites excluding steroid dienone is 2. The number of hydrogen-bond donors (Lipinski definition) is 0. The Labute approximate surface area is 51.9 Å². The third-order valence-electron chi connectivity index (χ3n) is 1.11. The van der Waals surface area contributed by atoms with Crippen molar-refractivity contribution in [1.82, 2.24) is 0 Å². The van der Waals surface area contributed by atoms with Gasteiger partial charge in [0.05, 0.1) is 0 Å². The molecule has 0 unspecified atom stereocenters. The fourth-order valence-electron chi connectivity index (χ4n) is 0.323. The summed E-state index contributed by atoms with van der Waals surface area (Å²) in [6, 6.07) is 0. The molecule has 0 aliphatic rings. The van der Waals surface area contributed by atoms with Crippen LogP contribution in [-0.2, 0) is 0 Å². The molecule has 8 heavy (non-hydrogen) atoms. The normalized spacial score (nSPS) is 14.4. The van der Waals surface area contributed by atoms with E-state index in [1.54, 1.807) is 7.05 Å². The number of aliphatic imine (C=N–C) groups is 1. The van der Waals surface area contributed by atoms with E-state index < -0.39 is 0 Å². The molecule has 0 N–H and O–H groups in total. The molecule has 0 rings (SSSR count). The van der Waals surface area contributed by atoms with Crippen LogP contribution in [0.3, 0.4) is 0 Å². The molecule has 0 atom stereocenters. The van der Waals surface area contributed by atoms with Crippen LogP contribution < -0.4 is 0 Å². The van der Waals surface area contributed by atoms with Crippen LogP contribution in [0.25, 0.3) is 0 Å². The first-order chi connectivity index (χ1) is 3.68. The predicted molar refractivity (Wildman–Crippen MR) is 41.3 cm³/mol. The Bertz CT molecular complexity index is 120. The molecule has 0 saturated heterocycles. The van der Waals surface area contributed by atoms with Crippen LogP contribution >= 0.6 is 0 Å². The van der Waals surface area contributed by atoms with Crippen molar-refractivity contribution in [2.45, 2.75) is 13.8 Å². The van der Waals surface area contributed by atoms with Gasteiger partial charge in [0.2, 0.25) is 0 Å². The van der Waals surface area contributed by atoms with Crippen LogP contribution in [0.5, 0.6) is 0 Å². The Kier molecular flexibility index (Phi) is 3.25. The molecule has 0 radical (unpaired) electrons.